The summed E-state index contributed by atoms with van der Waals surface area (Å²) in [6, 6.07) is 36.4. The summed E-state index contributed by atoms with van der Waals surface area (Å²) in [7, 11) is 0. The van der Waals surface area contributed by atoms with Crippen molar-refractivity contribution in [3.63, 3.8) is 0 Å². The summed E-state index contributed by atoms with van der Waals surface area (Å²) in [4.78, 5) is 0. The van der Waals surface area contributed by atoms with Crippen LogP contribution in [0.3, 0.4) is 0 Å². The van der Waals surface area contributed by atoms with E-state index < -0.39 is 0 Å². The minimum Gasteiger partial charge on any atom is -0.493 e. The van der Waals surface area contributed by atoms with Crippen LogP contribution in [0.1, 0.15) is 44.9 Å². The molecule has 0 saturated carbocycles. The summed E-state index contributed by atoms with van der Waals surface area (Å²) in [6.45, 7) is 5.34. The number of hydrogen-bond acceptors (Lipinski definition) is 5. The lowest BCUT2D eigenvalue weighted by Crippen LogP contribution is -1.96. The van der Waals surface area contributed by atoms with Gasteiger partial charge in [0.1, 0.15) is 34.2 Å². The van der Waals surface area contributed by atoms with Crippen LogP contribution in [0.4, 0.5) is 0 Å². The Bertz CT molecular complexity index is 1900. The highest BCUT2D eigenvalue weighted by molar-refractivity contribution is 5.84. The quantitative estimate of drug-likeness (QED) is 0.0783. The van der Waals surface area contributed by atoms with Gasteiger partial charge < -0.3 is 23.4 Å². The number of allylic oxidation sites excluding steroid dienone is 5. The summed E-state index contributed by atoms with van der Waals surface area (Å²) in [5.41, 5.74) is 3.87. The molecule has 252 valence electrons. The van der Waals surface area contributed by atoms with Crippen LogP contribution >= 0.6 is 0 Å². The number of aliphatic hydroxyl groups excluding tert-OH is 1. The van der Waals surface area contributed by atoms with Gasteiger partial charge in [-0.1, -0.05) is 91.0 Å². The lowest BCUT2D eigenvalue weighted by atomic mass is 10.1. The molecule has 6 rings (SSSR count). The van der Waals surface area contributed by atoms with Gasteiger partial charge in [-0.15, -0.1) is 6.58 Å². The van der Waals surface area contributed by atoms with E-state index in [0.717, 1.165) is 101 Å². The second-order valence-electron chi connectivity index (χ2n) is 11.7. The predicted molar refractivity (Wildman–Crippen MR) is 202 cm³/mol. The van der Waals surface area contributed by atoms with Crippen molar-refractivity contribution >= 4 is 21.9 Å². The average molecular weight is 655 g/mol. The first kappa shape index (κ1) is 35.1. The summed E-state index contributed by atoms with van der Waals surface area (Å²) >= 11 is 0. The van der Waals surface area contributed by atoms with Crippen LogP contribution in [0.25, 0.3) is 44.6 Å². The molecule has 0 bridgehead atoms. The van der Waals surface area contributed by atoms with Gasteiger partial charge in [-0.25, -0.2) is 0 Å². The molecule has 0 aliphatic heterocycles. The molecular weight excluding hydrogens is 608 g/mol. The molecule has 2 heterocycles. The lowest BCUT2D eigenvalue weighted by molar-refractivity contribution is 0.289. The second-order valence-corrected chi connectivity index (χ2v) is 11.7. The molecular formula is C44H46O5. The number of furan rings is 2. The minimum atomic E-state index is 0.259. The molecule has 0 atom stereocenters. The number of rotatable bonds is 17. The predicted octanol–water partition coefficient (Wildman–Crippen LogP) is 12.0. The third-order valence-corrected chi connectivity index (χ3v) is 7.83. The first-order valence-electron chi connectivity index (χ1n) is 17.2. The van der Waals surface area contributed by atoms with Crippen LogP contribution in [-0.4, -0.2) is 24.9 Å². The van der Waals surface area contributed by atoms with Gasteiger partial charge in [0.2, 0.25) is 0 Å². The highest BCUT2D eigenvalue weighted by Gasteiger charge is 2.08. The molecule has 0 aliphatic rings. The van der Waals surface area contributed by atoms with Gasteiger partial charge in [0, 0.05) is 40.6 Å². The maximum Gasteiger partial charge on any atom is 0.138 e. The number of fused-ring (bicyclic) bond motifs is 2. The average Bonchev–Trinajstić information content (AvgIpc) is 3.78. The molecule has 5 nitrogen and oxygen atoms in total. The van der Waals surface area contributed by atoms with Crippen molar-refractivity contribution in [2.45, 2.75) is 44.9 Å². The highest BCUT2D eigenvalue weighted by atomic mass is 16.5. The van der Waals surface area contributed by atoms with Crippen LogP contribution in [0.2, 0.25) is 0 Å². The number of aliphatic hydroxyl groups is 1. The van der Waals surface area contributed by atoms with E-state index in [4.69, 9.17) is 23.4 Å². The Balaban J connectivity index is 0.000000191. The Morgan fingerprint density at radius 3 is 1.49 bits per heavy atom. The van der Waals surface area contributed by atoms with Gasteiger partial charge in [-0.05, 0) is 81.3 Å². The zero-order valence-electron chi connectivity index (χ0n) is 28.1. The number of hydrogen-bond donors (Lipinski definition) is 1. The van der Waals surface area contributed by atoms with E-state index >= 15 is 0 Å². The summed E-state index contributed by atoms with van der Waals surface area (Å²) in [5.74, 6) is 3.45. The Morgan fingerprint density at radius 2 is 1.02 bits per heavy atom. The Kier molecular flexibility index (Phi) is 14.0. The van der Waals surface area contributed by atoms with Crippen molar-refractivity contribution in [3.05, 3.63) is 146 Å². The fourth-order valence-electron chi connectivity index (χ4n) is 5.23. The van der Waals surface area contributed by atoms with Gasteiger partial charge in [-0.3, -0.25) is 0 Å². The monoisotopic (exact) mass is 654 g/mol. The number of benzene rings is 4. The SMILES string of the molecule is C=CC/C=C/CCCOc1ccc2cc(-c3ccccc3)oc2c1.OCCC/C=C/CCCOc1ccc2cc(-c3ccccc3)oc2c1. The molecule has 1 N–H and O–H groups in total. The highest BCUT2D eigenvalue weighted by Crippen LogP contribution is 2.31. The van der Waals surface area contributed by atoms with Gasteiger partial charge in [0.05, 0.1) is 13.2 Å². The summed E-state index contributed by atoms with van der Waals surface area (Å²) in [6.07, 6.45) is 17.2. The van der Waals surface area contributed by atoms with Crippen molar-refractivity contribution in [3.8, 4) is 34.1 Å². The maximum absolute atomic E-state index is 8.71. The first-order valence-corrected chi connectivity index (χ1v) is 17.2. The van der Waals surface area contributed by atoms with Crippen molar-refractivity contribution in [1.82, 2.24) is 0 Å². The third-order valence-electron chi connectivity index (χ3n) is 7.83. The summed E-state index contributed by atoms with van der Waals surface area (Å²) in [5, 5.41) is 10.9. The standard InChI is InChI=1S/C22H24O3.C22H22O2/c23-14-8-3-1-2-4-9-15-24-20-13-12-19-16-21(25-22(19)17-20)18-10-6-5-7-11-18;1-2-3-4-5-6-10-15-23-20-14-13-19-16-21(24-22(19)17-20)18-11-8-7-9-12-18/h1-2,5-7,10-13,16-17,23H,3-4,8-9,14-15H2;2,4-5,7-9,11-14,16-17H,1,3,6,10,15H2/b2-1+;5-4+. The second kappa shape index (κ2) is 19.5. The van der Waals surface area contributed by atoms with Crippen LogP contribution in [0, 0.1) is 0 Å². The zero-order chi connectivity index (χ0) is 33.9. The maximum atomic E-state index is 8.71. The van der Waals surface area contributed by atoms with E-state index in [-0.39, 0.29) is 6.61 Å². The van der Waals surface area contributed by atoms with Gasteiger partial charge >= 0.3 is 0 Å². The van der Waals surface area contributed by atoms with Crippen LogP contribution in [0.5, 0.6) is 11.5 Å². The van der Waals surface area contributed by atoms with E-state index in [2.05, 4.69) is 55.1 Å². The van der Waals surface area contributed by atoms with E-state index in [0.29, 0.717) is 13.2 Å². The fourth-order valence-corrected chi connectivity index (χ4v) is 5.23. The lowest BCUT2D eigenvalue weighted by Gasteiger charge is -2.04. The zero-order valence-corrected chi connectivity index (χ0v) is 28.1. The molecule has 6 aromatic rings. The smallest absolute Gasteiger partial charge is 0.138 e. The molecule has 2 aromatic heterocycles. The van der Waals surface area contributed by atoms with Gasteiger partial charge in [0.15, 0.2) is 0 Å². The van der Waals surface area contributed by atoms with Crippen molar-refractivity contribution in [2.24, 2.45) is 0 Å². The molecule has 0 fully saturated rings. The fraction of sp³-hybridized carbons (Fsp3) is 0.227. The van der Waals surface area contributed by atoms with E-state index in [1.54, 1.807) is 0 Å². The Hall–Kier alpha value is -5.26. The van der Waals surface area contributed by atoms with Crippen molar-refractivity contribution in [1.29, 1.82) is 0 Å². The molecule has 0 unspecified atom stereocenters. The summed E-state index contributed by atoms with van der Waals surface area (Å²) < 4.78 is 23.6. The molecule has 4 aromatic carbocycles. The van der Waals surface area contributed by atoms with Gasteiger partial charge in [0.25, 0.3) is 0 Å². The number of ether oxygens (including phenoxy) is 2. The molecule has 0 amide bonds. The first-order chi connectivity index (χ1) is 24.2. The molecule has 49 heavy (non-hydrogen) atoms. The van der Waals surface area contributed by atoms with E-state index in [1.165, 1.54) is 0 Å². The van der Waals surface area contributed by atoms with E-state index in [9.17, 15) is 0 Å². The molecule has 0 radical (unpaired) electrons. The Labute approximate surface area is 289 Å². The van der Waals surface area contributed by atoms with Crippen LogP contribution in [0.15, 0.2) is 155 Å². The number of unbranched alkanes of at least 4 members (excludes halogenated alkanes) is 3. The van der Waals surface area contributed by atoms with Crippen molar-refractivity contribution < 1.29 is 23.4 Å². The molecule has 0 aliphatic carbocycles. The third kappa shape index (κ3) is 11.2. The van der Waals surface area contributed by atoms with Crippen LogP contribution < -0.4 is 9.47 Å². The Morgan fingerprint density at radius 1 is 0.551 bits per heavy atom. The topological polar surface area (TPSA) is 65.0 Å². The molecule has 5 heteroatoms. The largest absolute Gasteiger partial charge is 0.493 e. The minimum absolute atomic E-state index is 0.259. The molecule has 0 spiro atoms. The van der Waals surface area contributed by atoms with Crippen LogP contribution in [-0.2, 0) is 0 Å². The molecule has 0 saturated heterocycles. The normalized spacial score (nSPS) is 11.3. The van der Waals surface area contributed by atoms with E-state index in [1.807, 2.05) is 91.0 Å². The van der Waals surface area contributed by atoms with Gasteiger partial charge in [-0.2, -0.15) is 0 Å². The van der Waals surface area contributed by atoms with Crippen molar-refractivity contribution in [2.75, 3.05) is 19.8 Å².